The highest BCUT2D eigenvalue weighted by atomic mass is 16.2. The first-order chi connectivity index (χ1) is 9.36. The van der Waals surface area contributed by atoms with Crippen LogP contribution in [0.1, 0.15) is 46.5 Å². The molecule has 3 aliphatic heterocycles. The zero-order valence-corrected chi connectivity index (χ0v) is 12.9. The summed E-state index contributed by atoms with van der Waals surface area (Å²) in [5, 5.41) is 0. The van der Waals surface area contributed by atoms with Gasteiger partial charge in [-0.1, -0.05) is 20.8 Å². The number of hydrogen-bond donors (Lipinski definition) is 0. The number of piperidine rings is 3. The Kier molecular flexibility index (Phi) is 3.30. The minimum Gasteiger partial charge on any atom is -0.342 e. The average molecular weight is 278 g/mol. The summed E-state index contributed by atoms with van der Waals surface area (Å²) in [6.45, 7) is 8.54. The average Bonchev–Trinajstić information content (AvgIpc) is 2.38. The van der Waals surface area contributed by atoms with Crippen LogP contribution < -0.4 is 0 Å². The Bertz CT molecular complexity index is 427. The topological polar surface area (TPSA) is 40.6 Å². The largest absolute Gasteiger partial charge is 0.342 e. The number of likely N-dealkylation sites (tertiary alicyclic amines) is 1. The molecule has 0 spiro atoms. The molecule has 3 heterocycles. The number of rotatable bonds is 0. The molecule has 112 valence electrons. The minimum absolute atomic E-state index is 0.266. The monoisotopic (exact) mass is 278 g/mol. The second-order valence-corrected chi connectivity index (χ2v) is 7.83. The van der Waals surface area contributed by atoms with Crippen molar-refractivity contribution >= 4 is 11.8 Å². The van der Waals surface area contributed by atoms with Crippen LogP contribution in [0.25, 0.3) is 0 Å². The molecule has 4 heteroatoms. The summed E-state index contributed by atoms with van der Waals surface area (Å²) in [5.41, 5.74) is -0.298. The Balaban J connectivity index is 1.76. The molecule has 0 saturated carbocycles. The number of carbonyl (C=O) groups is 2. The molecule has 3 aliphatic rings. The third-order valence-electron chi connectivity index (χ3n) is 5.11. The van der Waals surface area contributed by atoms with E-state index in [1.807, 2.05) is 20.8 Å². The number of amides is 2. The predicted molar refractivity (Wildman–Crippen MR) is 77.0 cm³/mol. The van der Waals surface area contributed by atoms with E-state index in [2.05, 4.69) is 9.80 Å². The van der Waals surface area contributed by atoms with Gasteiger partial charge >= 0.3 is 0 Å². The van der Waals surface area contributed by atoms with Crippen molar-refractivity contribution in [2.75, 3.05) is 19.6 Å². The fourth-order valence-corrected chi connectivity index (χ4v) is 4.25. The van der Waals surface area contributed by atoms with Gasteiger partial charge in [-0.2, -0.15) is 0 Å². The molecule has 0 aromatic carbocycles. The van der Waals surface area contributed by atoms with E-state index in [1.54, 1.807) is 0 Å². The lowest BCUT2D eigenvalue weighted by Gasteiger charge is -2.53. The maximum atomic E-state index is 12.5. The number of fused-ring (bicyclic) bond motifs is 4. The summed E-state index contributed by atoms with van der Waals surface area (Å²) in [6, 6.07) is 0.392. The summed E-state index contributed by atoms with van der Waals surface area (Å²) in [7, 11) is 0. The molecule has 3 rings (SSSR count). The van der Waals surface area contributed by atoms with Gasteiger partial charge in [-0.25, -0.2) is 0 Å². The molecule has 2 bridgehead atoms. The highest BCUT2D eigenvalue weighted by Crippen LogP contribution is 2.38. The van der Waals surface area contributed by atoms with E-state index >= 15 is 0 Å². The van der Waals surface area contributed by atoms with Crippen molar-refractivity contribution in [3.63, 3.8) is 0 Å². The molecule has 3 fully saturated rings. The molecular formula is C16H26N2O2. The van der Waals surface area contributed by atoms with E-state index in [-0.39, 0.29) is 11.3 Å². The van der Waals surface area contributed by atoms with Crippen LogP contribution in [0.5, 0.6) is 0 Å². The summed E-state index contributed by atoms with van der Waals surface area (Å²) in [4.78, 5) is 28.8. The van der Waals surface area contributed by atoms with Crippen LogP contribution in [0.2, 0.25) is 0 Å². The Morgan fingerprint density at radius 3 is 2.65 bits per heavy atom. The summed E-state index contributed by atoms with van der Waals surface area (Å²) in [6.07, 6.45) is 4.07. The Labute approximate surface area is 121 Å². The van der Waals surface area contributed by atoms with E-state index in [0.29, 0.717) is 23.8 Å². The third kappa shape index (κ3) is 2.33. The lowest BCUT2D eigenvalue weighted by atomic mass is 9.75. The first-order valence-electron chi connectivity index (χ1n) is 7.95. The van der Waals surface area contributed by atoms with Crippen molar-refractivity contribution in [2.45, 2.75) is 52.5 Å². The Morgan fingerprint density at radius 2 is 1.95 bits per heavy atom. The van der Waals surface area contributed by atoms with Crippen LogP contribution in [0.3, 0.4) is 0 Å². The molecule has 0 aliphatic carbocycles. The Morgan fingerprint density at radius 1 is 1.20 bits per heavy atom. The Hall–Kier alpha value is -1.06. The van der Waals surface area contributed by atoms with E-state index in [9.17, 15) is 9.59 Å². The second kappa shape index (κ2) is 4.74. The molecule has 0 N–H and O–H groups in total. The molecule has 3 atom stereocenters. The van der Waals surface area contributed by atoms with E-state index in [0.717, 1.165) is 38.9 Å². The molecule has 20 heavy (non-hydrogen) atoms. The normalized spacial score (nSPS) is 34.0. The zero-order chi connectivity index (χ0) is 14.5. The first kappa shape index (κ1) is 13.9. The standard InChI is InChI=1S/C16H26N2O2/c1-16(2,3)15(20)17-8-11-7-12(10-17)13-5-4-6-14(19)18(13)9-11/h11-13H,4-10H2,1-3H3/t11-,12+,13-/m0/s1. The van der Waals surface area contributed by atoms with Crippen molar-refractivity contribution in [3.05, 3.63) is 0 Å². The fraction of sp³-hybridized carbons (Fsp3) is 0.875. The molecule has 3 saturated heterocycles. The number of nitrogens with zero attached hydrogens (tertiary/aromatic N) is 2. The molecule has 2 amide bonds. The summed E-state index contributed by atoms with van der Waals surface area (Å²) < 4.78 is 0. The van der Waals surface area contributed by atoms with E-state index in [1.165, 1.54) is 6.42 Å². The predicted octanol–water partition coefficient (Wildman–Crippen LogP) is 1.89. The molecule has 0 unspecified atom stereocenters. The second-order valence-electron chi connectivity index (χ2n) is 7.83. The van der Waals surface area contributed by atoms with Gasteiger partial charge in [-0.15, -0.1) is 0 Å². The van der Waals surface area contributed by atoms with Gasteiger partial charge < -0.3 is 9.80 Å². The van der Waals surface area contributed by atoms with Crippen molar-refractivity contribution in [1.82, 2.24) is 9.80 Å². The van der Waals surface area contributed by atoms with Gasteiger partial charge in [0.25, 0.3) is 0 Å². The van der Waals surface area contributed by atoms with Crippen molar-refractivity contribution in [1.29, 1.82) is 0 Å². The highest BCUT2D eigenvalue weighted by molar-refractivity contribution is 5.82. The molecule has 0 aromatic rings. The smallest absolute Gasteiger partial charge is 0.227 e. The van der Waals surface area contributed by atoms with E-state index < -0.39 is 0 Å². The van der Waals surface area contributed by atoms with Gasteiger partial charge in [0.05, 0.1) is 0 Å². The van der Waals surface area contributed by atoms with Crippen LogP contribution in [0, 0.1) is 17.3 Å². The fourth-order valence-electron chi connectivity index (χ4n) is 4.25. The number of carbonyl (C=O) groups excluding carboxylic acids is 2. The van der Waals surface area contributed by atoms with Crippen molar-refractivity contribution < 1.29 is 9.59 Å². The highest BCUT2D eigenvalue weighted by Gasteiger charge is 2.45. The van der Waals surface area contributed by atoms with Crippen LogP contribution in [0.4, 0.5) is 0 Å². The lowest BCUT2D eigenvalue weighted by Crippen LogP contribution is -2.62. The van der Waals surface area contributed by atoms with Crippen LogP contribution in [-0.2, 0) is 9.59 Å². The molecular weight excluding hydrogens is 252 g/mol. The zero-order valence-electron chi connectivity index (χ0n) is 12.9. The minimum atomic E-state index is -0.298. The maximum absolute atomic E-state index is 12.5. The van der Waals surface area contributed by atoms with Crippen LogP contribution >= 0.6 is 0 Å². The van der Waals surface area contributed by atoms with Gasteiger partial charge in [-0.05, 0) is 31.1 Å². The quantitative estimate of drug-likeness (QED) is 0.679. The van der Waals surface area contributed by atoms with Gasteiger partial charge in [0.1, 0.15) is 0 Å². The third-order valence-corrected chi connectivity index (χ3v) is 5.11. The van der Waals surface area contributed by atoms with Gasteiger partial charge in [0.15, 0.2) is 0 Å². The molecule has 0 radical (unpaired) electrons. The van der Waals surface area contributed by atoms with E-state index in [4.69, 9.17) is 0 Å². The van der Waals surface area contributed by atoms with Crippen molar-refractivity contribution in [3.8, 4) is 0 Å². The number of hydrogen-bond acceptors (Lipinski definition) is 2. The van der Waals surface area contributed by atoms with Crippen LogP contribution in [-0.4, -0.2) is 47.3 Å². The first-order valence-corrected chi connectivity index (χ1v) is 7.95. The van der Waals surface area contributed by atoms with Gasteiger partial charge in [0.2, 0.25) is 11.8 Å². The van der Waals surface area contributed by atoms with Crippen molar-refractivity contribution in [2.24, 2.45) is 17.3 Å². The van der Waals surface area contributed by atoms with Crippen LogP contribution in [0.15, 0.2) is 0 Å². The molecule has 4 nitrogen and oxygen atoms in total. The summed E-state index contributed by atoms with van der Waals surface area (Å²) >= 11 is 0. The SMILES string of the molecule is CC(C)(C)C(=O)N1C[C@@H]2C[C@H](C1)[C@@H]1CCCC(=O)N1C2. The maximum Gasteiger partial charge on any atom is 0.227 e. The molecule has 0 aromatic heterocycles. The lowest BCUT2D eigenvalue weighted by molar-refractivity contribution is -0.152. The van der Waals surface area contributed by atoms with Gasteiger partial charge in [-0.3, -0.25) is 9.59 Å². The van der Waals surface area contributed by atoms with Gasteiger partial charge in [0, 0.05) is 37.5 Å². The summed E-state index contributed by atoms with van der Waals surface area (Å²) in [5.74, 6) is 1.59.